The van der Waals surface area contributed by atoms with Crippen LogP contribution < -0.4 is 4.72 Å². The average molecular weight is 359 g/mol. The molecule has 1 N–H and O–H groups in total. The summed E-state index contributed by atoms with van der Waals surface area (Å²) in [5.41, 5.74) is 0.863. The van der Waals surface area contributed by atoms with Gasteiger partial charge in [-0.2, -0.15) is 0 Å². The maximum absolute atomic E-state index is 12.6. The Morgan fingerprint density at radius 1 is 0.960 bits per heavy atom. The van der Waals surface area contributed by atoms with Gasteiger partial charge in [0.15, 0.2) is 0 Å². The first kappa shape index (κ1) is 17.4. The van der Waals surface area contributed by atoms with Crippen molar-refractivity contribution in [3.8, 4) is 0 Å². The third-order valence-electron chi connectivity index (χ3n) is 4.21. The number of benzene rings is 2. The molecule has 6 nitrogen and oxygen atoms in total. The molecule has 132 valence electrons. The first-order valence-electron chi connectivity index (χ1n) is 8.11. The van der Waals surface area contributed by atoms with Gasteiger partial charge in [0.25, 0.3) is 15.9 Å². The summed E-state index contributed by atoms with van der Waals surface area (Å²) in [6, 6.07) is 14.8. The Hall–Kier alpha value is -2.38. The first-order valence-corrected chi connectivity index (χ1v) is 9.60. The number of carbonyl (C=O) groups excluding carboxylic acids is 1. The van der Waals surface area contributed by atoms with Crippen LogP contribution in [0.25, 0.3) is 0 Å². The van der Waals surface area contributed by atoms with Gasteiger partial charge in [-0.05, 0) is 37.4 Å². The summed E-state index contributed by atoms with van der Waals surface area (Å²) in [5, 5.41) is 0. The molecule has 0 radical (unpaired) electrons. The highest BCUT2D eigenvalue weighted by Gasteiger charge is 2.21. The number of piperazine rings is 1. The second kappa shape index (κ2) is 7.25. The van der Waals surface area contributed by atoms with Gasteiger partial charge >= 0.3 is 0 Å². The Morgan fingerprint density at radius 2 is 1.64 bits per heavy atom. The smallest absolute Gasteiger partial charge is 0.261 e. The van der Waals surface area contributed by atoms with E-state index >= 15 is 0 Å². The van der Waals surface area contributed by atoms with Gasteiger partial charge in [0.1, 0.15) is 0 Å². The van der Waals surface area contributed by atoms with Crippen molar-refractivity contribution >= 4 is 21.6 Å². The summed E-state index contributed by atoms with van der Waals surface area (Å²) < 4.78 is 27.4. The lowest BCUT2D eigenvalue weighted by Crippen LogP contribution is -2.47. The van der Waals surface area contributed by atoms with E-state index in [1.54, 1.807) is 47.4 Å². The van der Waals surface area contributed by atoms with Gasteiger partial charge in [0, 0.05) is 37.4 Å². The molecule has 0 aliphatic carbocycles. The van der Waals surface area contributed by atoms with E-state index in [1.165, 1.54) is 12.1 Å². The lowest BCUT2D eigenvalue weighted by atomic mass is 10.1. The minimum atomic E-state index is -3.67. The number of carbonyl (C=O) groups is 1. The molecular formula is C18H21N3O3S. The fourth-order valence-electron chi connectivity index (χ4n) is 2.72. The normalized spacial score (nSPS) is 15.8. The summed E-state index contributed by atoms with van der Waals surface area (Å²) in [6.45, 7) is 3.03. The molecule has 1 fully saturated rings. The molecule has 7 heteroatoms. The van der Waals surface area contributed by atoms with Crippen molar-refractivity contribution in [2.75, 3.05) is 37.9 Å². The highest BCUT2D eigenvalue weighted by Crippen LogP contribution is 2.18. The van der Waals surface area contributed by atoms with E-state index in [-0.39, 0.29) is 10.8 Å². The van der Waals surface area contributed by atoms with Crippen LogP contribution in [0.2, 0.25) is 0 Å². The van der Waals surface area contributed by atoms with Gasteiger partial charge in [-0.3, -0.25) is 9.52 Å². The largest absolute Gasteiger partial charge is 0.336 e. The fraction of sp³-hybridized carbons (Fsp3) is 0.278. The molecule has 0 bridgehead atoms. The van der Waals surface area contributed by atoms with Crippen LogP contribution in [-0.4, -0.2) is 57.4 Å². The molecular weight excluding hydrogens is 338 g/mol. The monoisotopic (exact) mass is 359 g/mol. The molecule has 0 spiro atoms. The summed E-state index contributed by atoms with van der Waals surface area (Å²) in [7, 11) is -1.64. The Morgan fingerprint density at radius 3 is 2.32 bits per heavy atom. The van der Waals surface area contributed by atoms with Crippen LogP contribution in [0.4, 0.5) is 5.69 Å². The number of hydrogen-bond donors (Lipinski definition) is 1. The summed E-state index contributed by atoms with van der Waals surface area (Å²) in [4.78, 5) is 16.8. The van der Waals surface area contributed by atoms with Crippen molar-refractivity contribution in [2.24, 2.45) is 0 Å². The molecule has 25 heavy (non-hydrogen) atoms. The third-order valence-corrected chi connectivity index (χ3v) is 5.60. The Bertz CT molecular complexity index is 845. The SMILES string of the molecule is CN1CCN(C(=O)c2cccc(NS(=O)(=O)c3ccccc3)c2)CC1. The number of amides is 1. The van der Waals surface area contributed by atoms with Crippen molar-refractivity contribution in [1.29, 1.82) is 0 Å². The molecule has 1 saturated heterocycles. The molecule has 3 rings (SSSR count). The predicted molar refractivity (Wildman–Crippen MR) is 97.1 cm³/mol. The van der Waals surface area contributed by atoms with Gasteiger partial charge in [-0.1, -0.05) is 24.3 Å². The van der Waals surface area contributed by atoms with Gasteiger partial charge < -0.3 is 9.80 Å². The highest BCUT2D eigenvalue weighted by molar-refractivity contribution is 7.92. The van der Waals surface area contributed by atoms with Crippen molar-refractivity contribution < 1.29 is 13.2 Å². The quantitative estimate of drug-likeness (QED) is 0.905. The number of nitrogens with zero attached hydrogens (tertiary/aromatic N) is 2. The van der Waals surface area contributed by atoms with Crippen LogP contribution in [0, 0.1) is 0 Å². The summed E-state index contributed by atoms with van der Waals surface area (Å²) in [6.07, 6.45) is 0. The van der Waals surface area contributed by atoms with Crippen LogP contribution in [0.3, 0.4) is 0 Å². The molecule has 1 aliphatic rings. The van der Waals surface area contributed by atoms with E-state index in [4.69, 9.17) is 0 Å². The van der Waals surface area contributed by atoms with Crippen molar-refractivity contribution in [3.05, 3.63) is 60.2 Å². The molecule has 2 aromatic carbocycles. The maximum atomic E-state index is 12.6. The molecule has 1 aliphatic heterocycles. The van der Waals surface area contributed by atoms with Crippen molar-refractivity contribution in [3.63, 3.8) is 0 Å². The maximum Gasteiger partial charge on any atom is 0.261 e. The zero-order valence-electron chi connectivity index (χ0n) is 14.1. The van der Waals surface area contributed by atoms with Crippen LogP contribution in [-0.2, 0) is 10.0 Å². The molecule has 0 atom stereocenters. The van der Waals surface area contributed by atoms with Crippen LogP contribution in [0.5, 0.6) is 0 Å². The summed E-state index contributed by atoms with van der Waals surface area (Å²) >= 11 is 0. The van der Waals surface area contributed by atoms with E-state index in [9.17, 15) is 13.2 Å². The Balaban J connectivity index is 1.77. The van der Waals surface area contributed by atoms with Gasteiger partial charge in [0.2, 0.25) is 0 Å². The zero-order valence-corrected chi connectivity index (χ0v) is 14.9. The number of likely N-dealkylation sites (N-methyl/N-ethyl adjacent to an activating group) is 1. The van der Waals surface area contributed by atoms with E-state index < -0.39 is 10.0 Å². The average Bonchev–Trinajstić information content (AvgIpc) is 2.62. The van der Waals surface area contributed by atoms with E-state index in [1.807, 2.05) is 7.05 Å². The van der Waals surface area contributed by atoms with Gasteiger partial charge in [0.05, 0.1) is 4.90 Å². The standard InChI is InChI=1S/C18H21N3O3S/c1-20-10-12-21(13-11-20)18(22)15-6-5-7-16(14-15)19-25(23,24)17-8-3-2-4-9-17/h2-9,14,19H,10-13H2,1H3. The Kier molecular flexibility index (Phi) is 5.06. The highest BCUT2D eigenvalue weighted by atomic mass is 32.2. The van der Waals surface area contributed by atoms with Gasteiger partial charge in [-0.25, -0.2) is 8.42 Å². The number of rotatable bonds is 4. The molecule has 0 saturated carbocycles. The topological polar surface area (TPSA) is 69.7 Å². The number of hydrogen-bond acceptors (Lipinski definition) is 4. The fourth-order valence-corrected chi connectivity index (χ4v) is 3.79. The molecule has 2 aromatic rings. The Labute approximate surface area is 148 Å². The minimum absolute atomic E-state index is 0.0751. The molecule has 0 aromatic heterocycles. The third kappa shape index (κ3) is 4.18. The lowest BCUT2D eigenvalue weighted by Gasteiger charge is -2.32. The van der Waals surface area contributed by atoms with E-state index in [2.05, 4.69) is 9.62 Å². The second-order valence-electron chi connectivity index (χ2n) is 6.09. The van der Waals surface area contributed by atoms with Crippen molar-refractivity contribution in [1.82, 2.24) is 9.80 Å². The molecule has 0 unspecified atom stereocenters. The molecule has 1 heterocycles. The van der Waals surface area contributed by atoms with E-state index in [0.29, 0.717) is 24.3 Å². The predicted octanol–water partition coefficient (Wildman–Crippen LogP) is 1.87. The number of nitrogens with one attached hydrogen (secondary N) is 1. The lowest BCUT2D eigenvalue weighted by molar-refractivity contribution is 0.0664. The number of anilines is 1. The van der Waals surface area contributed by atoms with Crippen LogP contribution in [0.15, 0.2) is 59.5 Å². The van der Waals surface area contributed by atoms with Crippen LogP contribution in [0.1, 0.15) is 10.4 Å². The van der Waals surface area contributed by atoms with Crippen molar-refractivity contribution in [2.45, 2.75) is 4.90 Å². The molecule has 1 amide bonds. The number of sulfonamides is 1. The van der Waals surface area contributed by atoms with Crippen LogP contribution >= 0.6 is 0 Å². The van der Waals surface area contributed by atoms with E-state index in [0.717, 1.165) is 13.1 Å². The first-order chi connectivity index (χ1) is 12.0. The minimum Gasteiger partial charge on any atom is -0.336 e. The van der Waals surface area contributed by atoms with Gasteiger partial charge in [-0.15, -0.1) is 0 Å². The zero-order chi connectivity index (χ0) is 17.9. The second-order valence-corrected chi connectivity index (χ2v) is 7.78. The summed E-state index contributed by atoms with van der Waals surface area (Å²) in [5.74, 6) is -0.0751.